The lowest BCUT2D eigenvalue weighted by molar-refractivity contribution is 0.102. The fourth-order valence-electron chi connectivity index (χ4n) is 2.98. The van der Waals surface area contributed by atoms with Crippen LogP contribution in [0.2, 0.25) is 0 Å². The Morgan fingerprint density at radius 1 is 0.966 bits per heavy atom. The molecule has 3 aromatic carbocycles. The molecule has 140 valence electrons. The van der Waals surface area contributed by atoms with Gasteiger partial charge in [-0.05, 0) is 42.0 Å². The van der Waals surface area contributed by atoms with Crippen molar-refractivity contribution in [1.29, 1.82) is 5.26 Å². The number of hydrogen-bond donors (Lipinski definition) is 1. The molecular weight excluding hydrogens is 385 g/mol. The van der Waals surface area contributed by atoms with Crippen molar-refractivity contribution in [2.24, 2.45) is 0 Å². The van der Waals surface area contributed by atoms with Gasteiger partial charge in [-0.2, -0.15) is 5.26 Å². The van der Waals surface area contributed by atoms with E-state index in [2.05, 4.69) is 16.4 Å². The first kappa shape index (κ1) is 18.5. The zero-order valence-electron chi connectivity index (χ0n) is 15.1. The predicted molar refractivity (Wildman–Crippen MR) is 112 cm³/mol. The van der Waals surface area contributed by atoms with Gasteiger partial charge in [0.05, 0.1) is 17.3 Å². The Hall–Kier alpha value is -3.82. The number of halogens is 1. The summed E-state index contributed by atoms with van der Waals surface area (Å²) in [4.78, 5) is 17.3. The number of aromatic nitrogens is 1. The van der Waals surface area contributed by atoms with Gasteiger partial charge in [-0.15, -0.1) is 11.3 Å². The van der Waals surface area contributed by atoms with Crippen LogP contribution < -0.4 is 5.32 Å². The van der Waals surface area contributed by atoms with Crippen LogP contribution in [0.3, 0.4) is 0 Å². The largest absolute Gasteiger partial charge is 0.298 e. The topological polar surface area (TPSA) is 65.8 Å². The predicted octanol–water partition coefficient (Wildman–Crippen LogP) is 5.74. The van der Waals surface area contributed by atoms with Crippen LogP contribution in [0.15, 0.2) is 78.2 Å². The summed E-state index contributed by atoms with van der Waals surface area (Å²) in [5.41, 5.74) is 3.76. The van der Waals surface area contributed by atoms with Crippen molar-refractivity contribution in [2.45, 2.75) is 0 Å². The maximum atomic E-state index is 13.1. The van der Waals surface area contributed by atoms with Gasteiger partial charge in [0, 0.05) is 22.1 Å². The van der Waals surface area contributed by atoms with Crippen molar-refractivity contribution in [1.82, 2.24) is 4.98 Å². The molecule has 0 bridgehead atoms. The lowest BCUT2D eigenvalue weighted by atomic mass is 9.95. The van der Waals surface area contributed by atoms with Crippen molar-refractivity contribution in [3.63, 3.8) is 0 Å². The fraction of sp³-hybridized carbons (Fsp3) is 0. The maximum absolute atomic E-state index is 13.1. The van der Waals surface area contributed by atoms with E-state index >= 15 is 0 Å². The lowest BCUT2D eigenvalue weighted by Crippen LogP contribution is -2.13. The molecule has 0 atom stereocenters. The average molecular weight is 399 g/mol. The van der Waals surface area contributed by atoms with Crippen LogP contribution in [-0.4, -0.2) is 10.9 Å². The van der Waals surface area contributed by atoms with E-state index < -0.39 is 0 Å². The van der Waals surface area contributed by atoms with Crippen LogP contribution in [0, 0.1) is 17.1 Å². The van der Waals surface area contributed by atoms with Crippen LogP contribution >= 0.6 is 11.3 Å². The maximum Gasteiger partial charge on any atom is 0.258 e. The summed E-state index contributed by atoms with van der Waals surface area (Å²) in [6.07, 6.45) is 0. The third-order valence-corrected chi connectivity index (χ3v) is 5.13. The number of nitrogens with zero attached hydrogens (tertiary/aromatic N) is 2. The van der Waals surface area contributed by atoms with Crippen molar-refractivity contribution < 1.29 is 9.18 Å². The van der Waals surface area contributed by atoms with Crippen molar-refractivity contribution in [2.75, 3.05) is 5.32 Å². The minimum absolute atomic E-state index is 0.312. The average Bonchev–Trinajstić information content (AvgIpc) is 3.22. The molecule has 0 radical (unpaired) electrons. The first-order valence-corrected chi connectivity index (χ1v) is 9.65. The number of nitriles is 1. The molecule has 1 heterocycles. The van der Waals surface area contributed by atoms with E-state index in [-0.39, 0.29) is 11.7 Å². The number of hydrogen-bond acceptors (Lipinski definition) is 4. The highest BCUT2D eigenvalue weighted by molar-refractivity contribution is 7.14. The van der Waals surface area contributed by atoms with Crippen LogP contribution in [-0.2, 0) is 0 Å². The third-order valence-electron chi connectivity index (χ3n) is 4.37. The van der Waals surface area contributed by atoms with Crippen molar-refractivity contribution in [3.05, 3.63) is 95.1 Å². The molecule has 6 heteroatoms. The van der Waals surface area contributed by atoms with Crippen LogP contribution in [0.1, 0.15) is 15.9 Å². The summed E-state index contributed by atoms with van der Waals surface area (Å²) >= 11 is 1.29. The summed E-state index contributed by atoms with van der Waals surface area (Å²) < 4.78 is 13.1. The summed E-state index contributed by atoms with van der Waals surface area (Å²) in [5.74, 6) is -0.625. The SMILES string of the molecule is N#Cc1ccccc1-c1ccccc1C(=O)Nc1nc(-c2ccc(F)cc2)cs1. The molecule has 0 aliphatic rings. The molecule has 1 aromatic heterocycles. The molecule has 0 aliphatic heterocycles. The molecule has 29 heavy (non-hydrogen) atoms. The Labute approximate surface area is 170 Å². The second kappa shape index (κ2) is 8.05. The number of benzene rings is 3. The third kappa shape index (κ3) is 3.91. The summed E-state index contributed by atoms with van der Waals surface area (Å²) in [6, 6.07) is 22.5. The number of amides is 1. The molecule has 4 nitrogen and oxygen atoms in total. The second-order valence-electron chi connectivity index (χ2n) is 6.20. The van der Waals surface area contributed by atoms with Gasteiger partial charge in [-0.25, -0.2) is 9.37 Å². The molecule has 4 aromatic rings. The van der Waals surface area contributed by atoms with Gasteiger partial charge >= 0.3 is 0 Å². The quantitative estimate of drug-likeness (QED) is 0.476. The molecule has 0 aliphatic carbocycles. The molecule has 0 spiro atoms. The minimum Gasteiger partial charge on any atom is -0.298 e. The molecule has 0 fully saturated rings. The Balaban J connectivity index is 1.62. The minimum atomic E-state index is -0.313. The van der Waals surface area contributed by atoms with Gasteiger partial charge in [0.15, 0.2) is 5.13 Å². The summed E-state index contributed by atoms with van der Waals surface area (Å²) in [6.45, 7) is 0. The van der Waals surface area contributed by atoms with E-state index in [0.717, 1.165) is 5.56 Å². The molecule has 0 saturated heterocycles. The van der Waals surface area contributed by atoms with E-state index in [9.17, 15) is 14.4 Å². The van der Waals surface area contributed by atoms with Gasteiger partial charge in [-0.3, -0.25) is 10.1 Å². The second-order valence-corrected chi connectivity index (χ2v) is 7.06. The highest BCUT2D eigenvalue weighted by atomic mass is 32.1. The van der Waals surface area contributed by atoms with Crippen LogP contribution in [0.4, 0.5) is 9.52 Å². The van der Waals surface area contributed by atoms with Gasteiger partial charge < -0.3 is 0 Å². The lowest BCUT2D eigenvalue weighted by Gasteiger charge is -2.10. The number of nitrogens with one attached hydrogen (secondary N) is 1. The first-order chi connectivity index (χ1) is 14.2. The van der Waals surface area contributed by atoms with Gasteiger partial charge in [0.1, 0.15) is 5.82 Å². The Bertz CT molecular complexity index is 1230. The van der Waals surface area contributed by atoms with Crippen LogP contribution in [0.5, 0.6) is 0 Å². The molecule has 0 saturated carbocycles. The standard InChI is InChI=1S/C23H14FN3OS/c24-17-11-9-15(10-12-17)21-14-29-23(26-21)27-22(28)20-8-4-3-7-19(20)18-6-2-1-5-16(18)13-25/h1-12,14H,(H,26,27,28). The monoisotopic (exact) mass is 399 g/mol. The molecular formula is C23H14FN3OS. The highest BCUT2D eigenvalue weighted by Crippen LogP contribution is 2.29. The zero-order chi connectivity index (χ0) is 20.2. The van der Waals surface area contributed by atoms with Crippen molar-refractivity contribution >= 4 is 22.4 Å². The van der Waals surface area contributed by atoms with Crippen molar-refractivity contribution in [3.8, 4) is 28.5 Å². The van der Waals surface area contributed by atoms with E-state index in [0.29, 0.717) is 33.1 Å². The number of carbonyl (C=O) groups is 1. The van der Waals surface area contributed by atoms with E-state index in [4.69, 9.17) is 0 Å². The Morgan fingerprint density at radius 2 is 1.66 bits per heavy atom. The molecule has 1 N–H and O–H groups in total. The first-order valence-electron chi connectivity index (χ1n) is 8.77. The fourth-order valence-corrected chi connectivity index (χ4v) is 3.70. The number of rotatable bonds is 4. The van der Waals surface area contributed by atoms with E-state index in [1.54, 1.807) is 41.8 Å². The molecule has 4 rings (SSSR count). The van der Waals surface area contributed by atoms with E-state index in [1.165, 1.54) is 23.5 Å². The molecule has 1 amide bonds. The Morgan fingerprint density at radius 3 is 2.41 bits per heavy atom. The normalized spacial score (nSPS) is 10.3. The number of anilines is 1. The van der Waals surface area contributed by atoms with Gasteiger partial charge in [0.2, 0.25) is 0 Å². The van der Waals surface area contributed by atoms with Crippen LogP contribution in [0.25, 0.3) is 22.4 Å². The summed E-state index contributed by atoms with van der Waals surface area (Å²) in [5, 5.41) is 14.5. The summed E-state index contributed by atoms with van der Waals surface area (Å²) in [7, 11) is 0. The van der Waals surface area contributed by atoms with Gasteiger partial charge in [0.25, 0.3) is 5.91 Å². The Kier molecular flexibility index (Phi) is 5.14. The zero-order valence-corrected chi connectivity index (χ0v) is 15.9. The van der Waals surface area contributed by atoms with E-state index in [1.807, 2.05) is 24.3 Å². The van der Waals surface area contributed by atoms with Gasteiger partial charge in [-0.1, -0.05) is 36.4 Å². The smallest absolute Gasteiger partial charge is 0.258 e. The highest BCUT2D eigenvalue weighted by Gasteiger charge is 2.16. The number of thiazole rings is 1. The molecule has 0 unspecified atom stereocenters. The number of carbonyl (C=O) groups excluding carboxylic acids is 1.